The number of thiazole rings is 1. The molecule has 1 saturated carbocycles. The average molecular weight is 372 g/mol. The van der Waals surface area contributed by atoms with Crippen LogP contribution in [0.2, 0.25) is 0 Å². The van der Waals surface area contributed by atoms with Gasteiger partial charge in [0.1, 0.15) is 5.01 Å². The lowest BCUT2D eigenvalue weighted by molar-refractivity contribution is 0.0650. The number of hydrogen-bond acceptors (Lipinski definition) is 5. The van der Waals surface area contributed by atoms with Gasteiger partial charge in [0.15, 0.2) is 5.69 Å². The quantitative estimate of drug-likeness (QED) is 0.897. The second kappa shape index (κ2) is 6.16. The van der Waals surface area contributed by atoms with Crippen LogP contribution in [0.15, 0.2) is 11.6 Å². The normalized spacial score (nSPS) is 23.6. The number of rotatable bonds is 4. The van der Waals surface area contributed by atoms with E-state index in [4.69, 9.17) is 0 Å². The summed E-state index contributed by atoms with van der Waals surface area (Å²) in [5.74, 6) is 0.132. The van der Waals surface area contributed by atoms with Crippen molar-refractivity contribution in [2.45, 2.75) is 51.1 Å². The van der Waals surface area contributed by atoms with Crippen LogP contribution in [0.25, 0.3) is 0 Å². The number of amides is 1. The molecule has 0 unspecified atom stereocenters. The van der Waals surface area contributed by atoms with Crippen molar-refractivity contribution in [1.82, 2.24) is 25.0 Å². The number of aromatic nitrogens is 3. The number of fused-ring (bicyclic) bond motifs is 1. The van der Waals surface area contributed by atoms with Gasteiger partial charge in [0.2, 0.25) is 0 Å². The zero-order chi connectivity index (χ0) is 17.7. The minimum Gasteiger partial charge on any atom is -0.337 e. The number of nitrogens with one attached hydrogen (secondary N) is 1. The molecule has 1 atom stereocenters. The van der Waals surface area contributed by atoms with Gasteiger partial charge in [-0.2, -0.15) is 5.10 Å². The maximum Gasteiger partial charge on any atom is 0.274 e. The third-order valence-corrected chi connectivity index (χ3v) is 7.37. The molecular formula is C19H25N5OS. The van der Waals surface area contributed by atoms with E-state index in [0.29, 0.717) is 17.2 Å². The van der Waals surface area contributed by atoms with Crippen molar-refractivity contribution in [3.63, 3.8) is 0 Å². The van der Waals surface area contributed by atoms with Gasteiger partial charge in [-0.15, -0.1) is 11.3 Å². The monoisotopic (exact) mass is 371 g/mol. The summed E-state index contributed by atoms with van der Waals surface area (Å²) in [6.07, 6.45) is 8.53. The van der Waals surface area contributed by atoms with Crippen LogP contribution in [0.1, 0.15) is 52.4 Å². The van der Waals surface area contributed by atoms with Crippen molar-refractivity contribution in [3.05, 3.63) is 33.5 Å². The summed E-state index contributed by atoms with van der Waals surface area (Å²) in [5, 5.41) is 10.6. The van der Waals surface area contributed by atoms with Crippen LogP contribution in [-0.2, 0) is 19.4 Å². The van der Waals surface area contributed by atoms with E-state index in [1.807, 2.05) is 16.5 Å². The van der Waals surface area contributed by atoms with E-state index in [-0.39, 0.29) is 5.91 Å². The minimum atomic E-state index is 0.132. The molecule has 1 amide bonds. The van der Waals surface area contributed by atoms with Gasteiger partial charge < -0.3 is 4.90 Å². The Morgan fingerprint density at radius 1 is 1.42 bits per heavy atom. The number of aromatic amines is 1. The maximum atomic E-state index is 12.9. The van der Waals surface area contributed by atoms with Crippen molar-refractivity contribution in [3.8, 4) is 0 Å². The minimum absolute atomic E-state index is 0.132. The van der Waals surface area contributed by atoms with Gasteiger partial charge in [-0.1, -0.05) is 0 Å². The van der Waals surface area contributed by atoms with Crippen molar-refractivity contribution < 1.29 is 4.79 Å². The van der Waals surface area contributed by atoms with Crippen molar-refractivity contribution in [2.75, 3.05) is 20.1 Å². The van der Waals surface area contributed by atoms with Gasteiger partial charge in [-0.25, -0.2) is 4.98 Å². The summed E-state index contributed by atoms with van der Waals surface area (Å²) < 4.78 is 0. The highest BCUT2D eigenvalue weighted by atomic mass is 32.1. The highest BCUT2D eigenvalue weighted by Gasteiger charge is 2.57. The molecule has 7 heteroatoms. The molecule has 0 radical (unpaired) electrons. The number of H-pyrrole nitrogens is 1. The number of hydrogen-bond donors (Lipinski definition) is 1. The summed E-state index contributed by atoms with van der Waals surface area (Å²) in [5.41, 5.74) is 3.44. The molecule has 0 aromatic carbocycles. The molecular weight excluding hydrogens is 346 g/mol. The molecule has 2 aliphatic carbocycles. The van der Waals surface area contributed by atoms with Crippen LogP contribution in [0.3, 0.4) is 0 Å². The Bertz CT molecular complexity index is 806. The molecule has 6 nitrogen and oxygen atoms in total. The Kier molecular flexibility index (Phi) is 3.90. The molecule has 3 aliphatic rings. The molecule has 1 N–H and O–H groups in total. The Hall–Kier alpha value is -1.73. The standard InChI is InChI=1S/C19H25N5OS/c1-23(12-16-20-7-10-26-16)15-11-19(15)5-8-24(9-6-19)18(25)17-13-3-2-4-14(13)21-22-17/h7,10,15H,2-6,8-9,11-12H2,1H3,(H,21,22)/t15-/m1/s1. The summed E-state index contributed by atoms with van der Waals surface area (Å²) in [6.45, 7) is 2.66. The SMILES string of the molecule is CN(Cc1nccs1)[C@@H]1CC12CCN(C(=O)c1n[nH]c3c1CCC3)CC2. The lowest BCUT2D eigenvalue weighted by Crippen LogP contribution is -2.41. The summed E-state index contributed by atoms with van der Waals surface area (Å²) in [6, 6.07) is 0.637. The Balaban J connectivity index is 1.20. The number of carbonyl (C=O) groups excluding carboxylic acids is 1. The smallest absolute Gasteiger partial charge is 0.274 e. The van der Waals surface area contributed by atoms with Crippen molar-refractivity contribution in [1.29, 1.82) is 0 Å². The second-order valence-corrected chi connectivity index (χ2v) is 9.08. The molecule has 1 spiro atoms. The predicted molar refractivity (Wildman–Crippen MR) is 100 cm³/mol. The van der Waals surface area contributed by atoms with Crippen LogP contribution in [0.4, 0.5) is 0 Å². The number of nitrogens with zero attached hydrogens (tertiary/aromatic N) is 4. The third kappa shape index (κ3) is 2.68. The average Bonchev–Trinajstić information content (AvgIpc) is 3.09. The summed E-state index contributed by atoms with van der Waals surface area (Å²) in [7, 11) is 2.21. The Labute approximate surface area is 157 Å². The highest BCUT2D eigenvalue weighted by Crippen LogP contribution is 2.56. The topological polar surface area (TPSA) is 65.1 Å². The summed E-state index contributed by atoms with van der Waals surface area (Å²) in [4.78, 5) is 21.8. The maximum absolute atomic E-state index is 12.9. The number of aryl methyl sites for hydroxylation is 1. The van der Waals surface area contributed by atoms with E-state index in [0.717, 1.165) is 51.7 Å². The Morgan fingerprint density at radius 2 is 2.27 bits per heavy atom. The highest BCUT2D eigenvalue weighted by molar-refractivity contribution is 7.09. The predicted octanol–water partition coefficient (Wildman–Crippen LogP) is 2.48. The van der Waals surface area contributed by atoms with E-state index in [1.54, 1.807) is 11.3 Å². The molecule has 2 fully saturated rings. The van der Waals surface area contributed by atoms with E-state index in [1.165, 1.54) is 22.7 Å². The lowest BCUT2D eigenvalue weighted by atomic mass is 9.92. The van der Waals surface area contributed by atoms with Crippen LogP contribution >= 0.6 is 11.3 Å². The van der Waals surface area contributed by atoms with Gasteiger partial charge in [0.25, 0.3) is 5.91 Å². The van der Waals surface area contributed by atoms with E-state index in [9.17, 15) is 4.79 Å². The fourth-order valence-electron chi connectivity index (χ4n) is 4.94. The molecule has 2 aromatic heterocycles. The van der Waals surface area contributed by atoms with Crippen LogP contribution < -0.4 is 0 Å². The molecule has 5 rings (SSSR count). The molecule has 0 bridgehead atoms. The van der Waals surface area contributed by atoms with Crippen molar-refractivity contribution in [2.24, 2.45) is 5.41 Å². The largest absolute Gasteiger partial charge is 0.337 e. The zero-order valence-electron chi connectivity index (χ0n) is 15.2. The van der Waals surface area contributed by atoms with Gasteiger partial charge in [0.05, 0.1) is 6.54 Å². The zero-order valence-corrected chi connectivity index (χ0v) is 16.0. The molecule has 26 heavy (non-hydrogen) atoms. The van der Waals surface area contributed by atoms with Crippen LogP contribution in [0.5, 0.6) is 0 Å². The van der Waals surface area contributed by atoms with Crippen LogP contribution in [0, 0.1) is 5.41 Å². The van der Waals surface area contributed by atoms with Gasteiger partial charge in [0, 0.05) is 42.0 Å². The van der Waals surface area contributed by atoms with Gasteiger partial charge in [-0.3, -0.25) is 14.8 Å². The van der Waals surface area contributed by atoms with E-state index >= 15 is 0 Å². The first kappa shape index (κ1) is 16.4. The van der Waals surface area contributed by atoms with Crippen molar-refractivity contribution >= 4 is 17.2 Å². The molecule has 138 valence electrons. The number of piperidine rings is 1. The lowest BCUT2D eigenvalue weighted by Gasteiger charge is -2.34. The third-order valence-electron chi connectivity index (χ3n) is 6.60. The number of likely N-dealkylation sites (tertiary alicyclic amines) is 1. The molecule has 3 heterocycles. The Morgan fingerprint density at radius 3 is 3.04 bits per heavy atom. The molecule has 1 saturated heterocycles. The fraction of sp³-hybridized carbons (Fsp3) is 0.632. The van der Waals surface area contributed by atoms with Crippen LogP contribution in [-0.4, -0.2) is 57.1 Å². The number of carbonyl (C=O) groups is 1. The van der Waals surface area contributed by atoms with Gasteiger partial charge >= 0.3 is 0 Å². The van der Waals surface area contributed by atoms with E-state index < -0.39 is 0 Å². The molecule has 1 aliphatic heterocycles. The first-order valence-electron chi connectivity index (χ1n) is 9.60. The summed E-state index contributed by atoms with van der Waals surface area (Å²) >= 11 is 1.73. The molecule has 2 aromatic rings. The second-order valence-electron chi connectivity index (χ2n) is 8.10. The first-order valence-corrected chi connectivity index (χ1v) is 10.5. The fourth-order valence-corrected chi connectivity index (χ4v) is 5.62. The first-order chi connectivity index (χ1) is 12.7. The van der Waals surface area contributed by atoms with E-state index in [2.05, 4.69) is 27.1 Å². The van der Waals surface area contributed by atoms with Gasteiger partial charge in [-0.05, 0) is 51.0 Å².